The third kappa shape index (κ3) is 3.89. The van der Waals surface area contributed by atoms with Crippen LogP contribution in [0.1, 0.15) is 49.2 Å². The summed E-state index contributed by atoms with van der Waals surface area (Å²) in [6.45, 7) is 2.17. The van der Waals surface area contributed by atoms with E-state index in [-0.39, 0.29) is 6.04 Å². The van der Waals surface area contributed by atoms with Crippen molar-refractivity contribution in [2.24, 2.45) is 11.7 Å². The van der Waals surface area contributed by atoms with E-state index in [9.17, 15) is 0 Å². The summed E-state index contributed by atoms with van der Waals surface area (Å²) in [6.07, 6.45) is 6.68. The zero-order chi connectivity index (χ0) is 13.0. The van der Waals surface area contributed by atoms with Gasteiger partial charge >= 0.3 is 0 Å². The Morgan fingerprint density at radius 2 is 2.17 bits per heavy atom. The third-order valence-corrected chi connectivity index (χ3v) is 6.81. The van der Waals surface area contributed by atoms with E-state index in [0.29, 0.717) is 5.25 Å². The quantitative estimate of drug-likeness (QED) is 0.791. The van der Waals surface area contributed by atoms with Crippen LogP contribution < -0.4 is 5.73 Å². The molecule has 1 aliphatic carbocycles. The van der Waals surface area contributed by atoms with Crippen LogP contribution in [0.4, 0.5) is 0 Å². The second kappa shape index (κ2) is 7.18. The van der Waals surface area contributed by atoms with E-state index < -0.39 is 0 Å². The van der Waals surface area contributed by atoms with Crippen molar-refractivity contribution in [2.75, 3.05) is 5.75 Å². The molecule has 0 bridgehead atoms. The van der Waals surface area contributed by atoms with Crippen molar-refractivity contribution in [3.8, 4) is 0 Å². The van der Waals surface area contributed by atoms with Gasteiger partial charge in [0.25, 0.3) is 0 Å². The van der Waals surface area contributed by atoms with Gasteiger partial charge in [-0.25, -0.2) is 0 Å². The maximum Gasteiger partial charge on any atom is 0.0931 e. The number of halogens is 1. The van der Waals surface area contributed by atoms with E-state index in [1.807, 2.05) is 17.8 Å². The van der Waals surface area contributed by atoms with Crippen molar-refractivity contribution in [3.05, 3.63) is 21.3 Å². The zero-order valence-electron chi connectivity index (χ0n) is 10.9. The third-order valence-electron chi connectivity index (χ3n) is 3.72. The van der Waals surface area contributed by atoms with Gasteiger partial charge < -0.3 is 5.73 Å². The van der Waals surface area contributed by atoms with Gasteiger partial charge in [-0.1, -0.05) is 31.4 Å². The van der Waals surface area contributed by atoms with E-state index in [1.54, 1.807) is 11.3 Å². The molecule has 0 aliphatic heterocycles. The van der Waals surface area contributed by atoms with Crippen molar-refractivity contribution in [2.45, 2.75) is 50.3 Å². The first-order valence-corrected chi connectivity index (χ1v) is 9.07. The molecule has 2 unspecified atom stereocenters. The smallest absolute Gasteiger partial charge is 0.0931 e. The molecule has 18 heavy (non-hydrogen) atoms. The largest absolute Gasteiger partial charge is 0.326 e. The lowest BCUT2D eigenvalue weighted by atomic mass is 10.1. The van der Waals surface area contributed by atoms with Gasteiger partial charge in [0, 0.05) is 10.9 Å². The molecule has 0 aromatic carbocycles. The molecular weight excluding hydrogens is 282 g/mol. The van der Waals surface area contributed by atoms with Gasteiger partial charge in [0.15, 0.2) is 0 Å². The molecule has 1 saturated carbocycles. The fourth-order valence-electron chi connectivity index (χ4n) is 2.53. The fourth-order valence-corrected chi connectivity index (χ4v) is 5.49. The summed E-state index contributed by atoms with van der Waals surface area (Å²) in [5.41, 5.74) is 6.29. The lowest BCUT2D eigenvalue weighted by molar-refractivity contribution is 0.610. The maximum absolute atomic E-state index is 6.29. The molecule has 1 aromatic rings. The minimum atomic E-state index is 0.242. The molecule has 1 heterocycles. The van der Waals surface area contributed by atoms with Gasteiger partial charge in [0.1, 0.15) is 0 Å². The first kappa shape index (κ1) is 14.7. The van der Waals surface area contributed by atoms with Gasteiger partial charge in [0.2, 0.25) is 0 Å². The van der Waals surface area contributed by atoms with Crippen LogP contribution in [0.2, 0.25) is 4.34 Å². The molecule has 102 valence electrons. The topological polar surface area (TPSA) is 26.0 Å². The van der Waals surface area contributed by atoms with E-state index in [1.165, 1.54) is 36.3 Å². The van der Waals surface area contributed by atoms with Gasteiger partial charge in [-0.2, -0.15) is 11.8 Å². The van der Waals surface area contributed by atoms with Gasteiger partial charge in [-0.15, -0.1) is 11.3 Å². The molecule has 0 radical (unpaired) electrons. The molecule has 2 N–H and O–H groups in total. The highest BCUT2D eigenvalue weighted by atomic mass is 35.5. The Balaban J connectivity index is 1.96. The summed E-state index contributed by atoms with van der Waals surface area (Å²) < 4.78 is 0.875. The van der Waals surface area contributed by atoms with Crippen LogP contribution in [0, 0.1) is 5.92 Å². The van der Waals surface area contributed by atoms with Crippen LogP contribution in [0.3, 0.4) is 0 Å². The number of thiophene rings is 1. The van der Waals surface area contributed by atoms with E-state index in [0.717, 1.165) is 16.7 Å². The highest BCUT2D eigenvalue weighted by Crippen LogP contribution is 2.40. The normalized spacial score (nSPS) is 20.2. The van der Waals surface area contributed by atoms with Crippen molar-refractivity contribution in [3.63, 3.8) is 0 Å². The molecule has 2 atom stereocenters. The Bertz CT molecular complexity index is 360. The van der Waals surface area contributed by atoms with Crippen LogP contribution >= 0.6 is 34.7 Å². The molecule has 0 spiro atoms. The predicted molar refractivity (Wildman–Crippen MR) is 84.8 cm³/mol. The van der Waals surface area contributed by atoms with Crippen LogP contribution in [-0.2, 0) is 0 Å². The average Bonchev–Trinajstić information content (AvgIpc) is 3.01. The van der Waals surface area contributed by atoms with Crippen LogP contribution in [0.5, 0.6) is 0 Å². The monoisotopic (exact) mass is 303 g/mol. The molecular formula is C14H22ClNS2. The lowest BCUT2D eigenvalue weighted by Gasteiger charge is -2.22. The number of thioether (sulfide) groups is 1. The summed E-state index contributed by atoms with van der Waals surface area (Å²) in [4.78, 5) is 1.34. The number of nitrogens with two attached hydrogens (primary N) is 1. The van der Waals surface area contributed by atoms with E-state index >= 15 is 0 Å². The number of hydrogen-bond acceptors (Lipinski definition) is 3. The molecule has 1 aromatic heterocycles. The van der Waals surface area contributed by atoms with Crippen LogP contribution in [0.15, 0.2) is 12.1 Å². The Hall–Kier alpha value is 0.300. The Labute approximate surface area is 123 Å². The first-order chi connectivity index (χ1) is 8.70. The highest BCUT2D eigenvalue weighted by molar-refractivity contribution is 7.99. The molecule has 2 rings (SSSR count). The standard InChI is InChI=1S/C14H22ClNS2/c1-2-11(16)14(12-7-8-13(15)18-12)17-9-10-5-3-4-6-10/h7-8,10-11,14H,2-6,9,16H2,1H3. The first-order valence-electron chi connectivity index (χ1n) is 6.83. The Morgan fingerprint density at radius 1 is 1.44 bits per heavy atom. The SMILES string of the molecule is CCC(N)C(SCC1CCCC1)c1ccc(Cl)s1. The summed E-state index contributed by atoms with van der Waals surface area (Å²) in [6, 6.07) is 4.38. The van der Waals surface area contributed by atoms with Crippen molar-refractivity contribution in [1.82, 2.24) is 0 Å². The second-order valence-electron chi connectivity index (χ2n) is 5.12. The average molecular weight is 304 g/mol. The molecule has 1 aliphatic rings. The van der Waals surface area contributed by atoms with Crippen molar-refractivity contribution < 1.29 is 0 Å². The summed E-state index contributed by atoms with van der Waals surface area (Å²) in [5.74, 6) is 2.17. The van der Waals surface area contributed by atoms with Gasteiger partial charge in [-0.05, 0) is 43.1 Å². The maximum atomic E-state index is 6.29. The predicted octanol–water partition coefficient (Wildman–Crippen LogP) is 5.10. The Morgan fingerprint density at radius 3 is 2.72 bits per heavy atom. The second-order valence-corrected chi connectivity index (χ2v) is 8.04. The van der Waals surface area contributed by atoms with E-state index in [4.69, 9.17) is 17.3 Å². The molecule has 0 saturated heterocycles. The number of rotatable bonds is 6. The van der Waals surface area contributed by atoms with Crippen LogP contribution in [0.25, 0.3) is 0 Å². The minimum absolute atomic E-state index is 0.242. The molecule has 1 nitrogen and oxygen atoms in total. The summed E-state index contributed by atoms with van der Waals surface area (Å²) in [7, 11) is 0. The Kier molecular flexibility index (Phi) is 5.87. The zero-order valence-corrected chi connectivity index (χ0v) is 13.3. The van der Waals surface area contributed by atoms with Gasteiger partial charge in [-0.3, -0.25) is 0 Å². The summed E-state index contributed by atoms with van der Waals surface area (Å²) >= 11 is 9.78. The lowest BCUT2D eigenvalue weighted by Crippen LogP contribution is -2.25. The van der Waals surface area contributed by atoms with Crippen molar-refractivity contribution in [1.29, 1.82) is 0 Å². The number of hydrogen-bond donors (Lipinski definition) is 1. The van der Waals surface area contributed by atoms with E-state index in [2.05, 4.69) is 13.0 Å². The molecule has 0 amide bonds. The van der Waals surface area contributed by atoms with Crippen LogP contribution in [-0.4, -0.2) is 11.8 Å². The highest BCUT2D eigenvalue weighted by Gasteiger charge is 2.23. The fraction of sp³-hybridized carbons (Fsp3) is 0.714. The molecule has 1 fully saturated rings. The molecule has 4 heteroatoms. The van der Waals surface area contributed by atoms with Gasteiger partial charge in [0.05, 0.1) is 9.59 Å². The minimum Gasteiger partial charge on any atom is -0.326 e. The van der Waals surface area contributed by atoms with Crippen molar-refractivity contribution >= 4 is 34.7 Å². The summed E-state index contributed by atoms with van der Waals surface area (Å²) in [5, 5.41) is 0.424.